The highest BCUT2D eigenvalue weighted by molar-refractivity contribution is 8.00. The average molecular weight is 206 g/mol. The minimum absolute atomic E-state index is 0.634. The lowest BCUT2D eigenvalue weighted by Gasteiger charge is -2.01. The fourth-order valence-electron chi connectivity index (χ4n) is 1.34. The van der Waals surface area contributed by atoms with Crippen molar-refractivity contribution < 1.29 is 4.79 Å². The molecule has 0 atom stereocenters. The molecule has 0 unspecified atom stereocenters. The quantitative estimate of drug-likeness (QED) is 0.689. The summed E-state index contributed by atoms with van der Waals surface area (Å²) in [5, 5.41) is 0.871. The molecule has 0 N–H and O–H groups in total. The second kappa shape index (κ2) is 4.65. The van der Waals surface area contributed by atoms with Crippen LogP contribution in [0.25, 0.3) is 0 Å². The van der Waals surface area contributed by atoms with Gasteiger partial charge in [0, 0.05) is 16.6 Å². The Kier molecular flexibility index (Phi) is 3.25. The van der Waals surface area contributed by atoms with Gasteiger partial charge in [-0.2, -0.15) is 0 Å². The van der Waals surface area contributed by atoms with E-state index in [1.807, 2.05) is 11.8 Å². The maximum Gasteiger partial charge on any atom is 0.120 e. The lowest BCUT2D eigenvalue weighted by Crippen LogP contribution is -1.85. The number of hydrogen-bond donors (Lipinski definition) is 0. The molecule has 74 valence electrons. The SMILES string of the molecule is O=CCCc1ccc(SC2CC2)cc1. The van der Waals surface area contributed by atoms with Gasteiger partial charge in [0.2, 0.25) is 0 Å². The number of rotatable bonds is 5. The Labute approximate surface area is 88.9 Å². The van der Waals surface area contributed by atoms with Crippen LogP contribution in [0.4, 0.5) is 0 Å². The molecule has 0 aromatic heterocycles. The summed E-state index contributed by atoms with van der Waals surface area (Å²) in [6.45, 7) is 0. The molecule has 1 nitrogen and oxygen atoms in total. The Morgan fingerprint density at radius 3 is 2.57 bits per heavy atom. The number of benzene rings is 1. The minimum atomic E-state index is 0.634. The summed E-state index contributed by atoms with van der Waals surface area (Å²) >= 11 is 1.97. The Bertz CT molecular complexity index is 301. The van der Waals surface area contributed by atoms with Gasteiger partial charge in [-0.25, -0.2) is 0 Å². The molecule has 0 radical (unpaired) electrons. The van der Waals surface area contributed by atoms with E-state index in [-0.39, 0.29) is 0 Å². The molecule has 0 aliphatic heterocycles. The van der Waals surface area contributed by atoms with E-state index >= 15 is 0 Å². The highest BCUT2D eigenvalue weighted by Crippen LogP contribution is 2.38. The van der Waals surface area contributed by atoms with Gasteiger partial charge >= 0.3 is 0 Å². The average Bonchev–Trinajstić information content (AvgIpc) is 3.01. The molecule has 1 aromatic rings. The fraction of sp³-hybridized carbons (Fsp3) is 0.417. The van der Waals surface area contributed by atoms with Crippen LogP contribution >= 0.6 is 11.8 Å². The normalized spacial score (nSPS) is 15.4. The van der Waals surface area contributed by atoms with E-state index in [2.05, 4.69) is 24.3 Å². The van der Waals surface area contributed by atoms with Crippen molar-refractivity contribution in [2.45, 2.75) is 35.8 Å². The highest BCUT2D eigenvalue weighted by atomic mass is 32.2. The monoisotopic (exact) mass is 206 g/mol. The zero-order valence-electron chi connectivity index (χ0n) is 8.11. The molecule has 0 amide bonds. The van der Waals surface area contributed by atoms with Crippen LogP contribution in [0.3, 0.4) is 0 Å². The number of aryl methyl sites for hydroxylation is 1. The first-order valence-electron chi connectivity index (χ1n) is 5.08. The van der Waals surface area contributed by atoms with Crippen LogP contribution in [-0.4, -0.2) is 11.5 Å². The van der Waals surface area contributed by atoms with Crippen LogP contribution < -0.4 is 0 Å². The van der Waals surface area contributed by atoms with E-state index in [0.717, 1.165) is 18.0 Å². The maximum absolute atomic E-state index is 10.2. The molecule has 2 heteroatoms. The Morgan fingerprint density at radius 2 is 2.00 bits per heavy atom. The molecule has 0 spiro atoms. The molecule has 1 aliphatic carbocycles. The molecule has 0 saturated heterocycles. The van der Waals surface area contributed by atoms with E-state index in [1.165, 1.54) is 23.3 Å². The van der Waals surface area contributed by atoms with Gasteiger partial charge in [-0.05, 0) is 37.0 Å². The molecule has 2 rings (SSSR count). The van der Waals surface area contributed by atoms with Crippen LogP contribution in [0.15, 0.2) is 29.2 Å². The van der Waals surface area contributed by atoms with Crippen LogP contribution in [0.5, 0.6) is 0 Å². The van der Waals surface area contributed by atoms with Crippen LogP contribution in [-0.2, 0) is 11.2 Å². The van der Waals surface area contributed by atoms with E-state index < -0.39 is 0 Å². The summed E-state index contributed by atoms with van der Waals surface area (Å²) in [6.07, 6.45) is 5.23. The van der Waals surface area contributed by atoms with Gasteiger partial charge in [0.05, 0.1) is 0 Å². The number of thioether (sulfide) groups is 1. The van der Waals surface area contributed by atoms with Crippen molar-refractivity contribution >= 4 is 18.0 Å². The predicted octanol–water partition coefficient (Wildman–Crippen LogP) is 3.07. The standard InChI is InChI=1S/C12H14OS/c13-9-1-2-10-3-5-11(6-4-10)14-12-7-8-12/h3-6,9,12H,1-2,7-8H2. The van der Waals surface area contributed by atoms with E-state index in [4.69, 9.17) is 0 Å². The van der Waals surface area contributed by atoms with Crippen molar-refractivity contribution in [1.29, 1.82) is 0 Å². The summed E-state index contributed by atoms with van der Waals surface area (Å²) < 4.78 is 0. The number of hydrogen-bond acceptors (Lipinski definition) is 2. The summed E-state index contributed by atoms with van der Waals surface area (Å²) in [6, 6.07) is 8.61. The molecular formula is C12H14OS. The van der Waals surface area contributed by atoms with E-state index in [9.17, 15) is 4.79 Å². The second-order valence-electron chi connectivity index (χ2n) is 3.67. The molecule has 1 aliphatic rings. The van der Waals surface area contributed by atoms with Gasteiger partial charge in [0.1, 0.15) is 6.29 Å². The molecule has 0 heterocycles. The number of carbonyl (C=O) groups excluding carboxylic acids is 1. The van der Waals surface area contributed by atoms with Gasteiger partial charge in [-0.3, -0.25) is 0 Å². The lowest BCUT2D eigenvalue weighted by molar-refractivity contribution is -0.107. The van der Waals surface area contributed by atoms with Crippen molar-refractivity contribution in [1.82, 2.24) is 0 Å². The minimum Gasteiger partial charge on any atom is -0.303 e. The molecule has 14 heavy (non-hydrogen) atoms. The third-order valence-electron chi connectivity index (χ3n) is 2.30. The van der Waals surface area contributed by atoms with Gasteiger partial charge in [-0.15, -0.1) is 11.8 Å². The third-order valence-corrected chi connectivity index (χ3v) is 3.65. The van der Waals surface area contributed by atoms with Gasteiger partial charge in [-0.1, -0.05) is 12.1 Å². The Hall–Kier alpha value is -0.760. The Balaban J connectivity index is 1.90. The van der Waals surface area contributed by atoms with E-state index in [1.54, 1.807) is 0 Å². The first-order valence-corrected chi connectivity index (χ1v) is 5.95. The van der Waals surface area contributed by atoms with Crippen molar-refractivity contribution in [2.75, 3.05) is 0 Å². The summed E-state index contributed by atoms with van der Waals surface area (Å²) in [4.78, 5) is 11.6. The smallest absolute Gasteiger partial charge is 0.120 e. The van der Waals surface area contributed by atoms with E-state index in [0.29, 0.717) is 6.42 Å². The largest absolute Gasteiger partial charge is 0.303 e. The van der Waals surface area contributed by atoms with Crippen molar-refractivity contribution in [3.63, 3.8) is 0 Å². The first-order chi connectivity index (χ1) is 6.88. The van der Waals surface area contributed by atoms with Crippen molar-refractivity contribution in [3.8, 4) is 0 Å². The highest BCUT2D eigenvalue weighted by Gasteiger charge is 2.22. The lowest BCUT2D eigenvalue weighted by atomic mass is 10.1. The summed E-state index contributed by atoms with van der Waals surface area (Å²) in [7, 11) is 0. The van der Waals surface area contributed by atoms with Crippen LogP contribution in [0, 0.1) is 0 Å². The summed E-state index contributed by atoms with van der Waals surface area (Å²) in [5.41, 5.74) is 1.26. The zero-order valence-corrected chi connectivity index (χ0v) is 8.93. The molecule has 1 saturated carbocycles. The molecule has 1 aromatic carbocycles. The zero-order chi connectivity index (χ0) is 9.80. The van der Waals surface area contributed by atoms with Crippen LogP contribution in [0.1, 0.15) is 24.8 Å². The molecule has 1 fully saturated rings. The fourth-order valence-corrected chi connectivity index (χ4v) is 2.39. The topological polar surface area (TPSA) is 17.1 Å². The van der Waals surface area contributed by atoms with Crippen molar-refractivity contribution in [2.24, 2.45) is 0 Å². The first kappa shape index (κ1) is 9.78. The molecular weight excluding hydrogens is 192 g/mol. The number of carbonyl (C=O) groups is 1. The Morgan fingerprint density at radius 1 is 1.29 bits per heavy atom. The van der Waals surface area contributed by atoms with Gasteiger partial charge in [0.15, 0.2) is 0 Å². The van der Waals surface area contributed by atoms with Crippen LogP contribution in [0.2, 0.25) is 0 Å². The van der Waals surface area contributed by atoms with Gasteiger partial charge in [0.25, 0.3) is 0 Å². The maximum atomic E-state index is 10.2. The summed E-state index contributed by atoms with van der Waals surface area (Å²) in [5.74, 6) is 0. The van der Waals surface area contributed by atoms with Crippen molar-refractivity contribution in [3.05, 3.63) is 29.8 Å². The molecule has 0 bridgehead atoms. The third kappa shape index (κ3) is 2.88. The van der Waals surface area contributed by atoms with Gasteiger partial charge < -0.3 is 4.79 Å². The predicted molar refractivity (Wildman–Crippen MR) is 59.7 cm³/mol. The number of aldehydes is 1. The second-order valence-corrected chi connectivity index (χ2v) is 5.04.